The Balaban J connectivity index is 2.27. The molecule has 3 aromatic rings. The highest BCUT2D eigenvalue weighted by Crippen LogP contribution is 2.31. The maximum Gasteiger partial charge on any atom is 0.235 e. The zero-order valence-electron chi connectivity index (χ0n) is 13.3. The van der Waals surface area contributed by atoms with Crippen LogP contribution in [-0.2, 0) is 4.79 Å². The lowest BCUT2D eigenvalue weighted by molar-refractivity contribution is -0.118. The number of benzene rings is 2. The third kappa shape index (κ3) is 3.19. The fourth-order valence-electron chi connectivity index (χ4n) is 2.38. The number of carbonyl (C=O) groups is 1. The summed E-state index contributed by atoms with van der Waals surface area (Å²) in [6.45, 7) is 3.12. The summed E-state index contributed by atoms with van der Waals surface area (Å²) in [6.07, 6.45) is 0. The van der Waals surface area contributed by atoms with Crippen LogP contribution in [0.2, 0.25) is 5.02 Å². The number of hydrogen-bond donors (Lipinski definition) is 0. The molecule has 3 rings (SSSR count). The maximum atomic E-state index is 12.8. The van der Waals surface area contributed by atoms with E-state index in [-0.39, 0.29) is 29.3 Å². The first-order chi connectivity index (χ1) is 11.5. The largest absolute Gasteiger partial charge is 0.478 e. The number of rotatable bonds is 4. The molecule has 2 aromatic carbocycles. The van der Waals surface area contributed by atoms with Crippen LogP contribution in [0.4, 0.5) is 0 Å². The van der Waals surface area contributed by atoms with Crippen LogP contribution >= 0.6 is 11.6 Å². The second-order valence-corrected chi connectivity index (χ2v) is 6.02. The van der Waals surface area contributed by atoms with Gasteiger partial charge in [0.15, 0.2) is 11.5 Å². The summed E-state index contributed by atoms with van der Waals surface area (Å²) in [5.74, 6) is 0.139. The summed E-state index contributed by atoms with van der Waals surface area (Å²) in [4.78, 5) is 24.0. The molecule has 0 fully saturated rings. The smallest absolute Gasteiger partial charge is 0.235 e. The molecular weight excluding hydrogens is 328 g/mol. The molecule has 1 heterocycles. The van der Waals surface area contributed by atoms with E-state index in [1.807, 2.05) is 13.0 Å². The summed E-state index contributed by atoms with van der Waals surface area (Å²) in [6, 6.07) is 12.2. The zero-order valence-corrected chi connectivity index (χ0v) is 14.0. The predicted octanol–water partition coefficient (Wildman–Crippen LogP) is 4.39. The van der Waals surface area contributed by atoms with Gasteiger partial charge in [-0.25, -0.2) is 0 Å². The number of ketones is 1. The van der Waals surface area contributed by atoms with Crippen molar-refractivity contribution in [2.75, 3.05) is 6.61 Å². The van der Waals surface area contributed by atoms with E-state index in [1.54, 1.807) is 36.4 Å². The molecule has 1 aromatic heterocycles. The average molecular weight is 343 g/mol. The Morgan fingerprint density at radius 2 is 1.88 bits per heavy atom. The lowest BCUT2D eigenvalue weighted by Gasteiger charge is -2.11. The Bertz CT molecular complexity index is 971. The third-order valence-corrected chi connectivity index (χ3v) is 3.78. The summed E-state index contributed by atoms with van der Waals surface area (Å²) in [5.41, 5.74) is 1.80. The molecule has 122 valence electrons. The lowest BCUT2D eigenvalue weighted by atomic mass is 10.1. The van der Waals surface area contributed by atoms with Crippen LogP contribution in [0.1, 0.15) is 12.5 Å². The topological polar surface area (TPSA) is 56.5 Å². The van der Waals surface area contributed by atoms with E-state index in [9.17, 15) is 9.59 Å². The van der Waals surface area contributed by atoms with Crippen molar-refractivity contribution in [2.24, 2.45) is 0 Å². The number of aryl methyl sites for hydroxylation is 1. The Labute approximate surface area is 143 Å². The highest BCUT2D eigenvalue weighted by atomic mass is 35.5. The number of Topliss-reactive ketones (excluding diaryl/α,β-unsaturated/α-hetero) is 1. The Morgan fingerprint density at radius 1 is 1.17 bits per heavy atom. The molecule has 5 heteroatoms. The number of ether oxygens (including phenoxy) is 1. The highest BCUT2D eigenvalue weighted by molar-refractivity contribution is 6.30. The molecule has 24 heavy (non-hydrogen) atoms. The summed E-state index contributed by atoms with van der Waals surface area (Å²) >= 11 is 5.92. The van der Waals surface area contributed by atoms with Crippen LogP contribution in [0.5, 0.6) is 5.75 Å². The fourth-order valence-corrected chi connectivity index (χ4v) is 2.51. The van der Waals surface area contributed by atoms with Crippen LogP contribution in [0.15, 0.2) is 51.7 Å². The highest BCUT2D eigenvalue weighted by Gasteiger charge is 2.18. The normalized spacial score (nSPS) is 10.8. The van der Waals surface area contributed by atoms with Gasteiger partial charge in [0.1, 0.15) is 12.2 Å². The predicted molar refractivity (Wildman–Crippen MR) is 93.8 cm³/mol. The zero-order chi connectivity index (χ0) is 17.3. The van der Waals surface area contributed by atoms with Crippen LogP contribution in [0.25, 0.3) is 22.3 Å². The average Bonchev–Trinajstić information content (AvgIpc) is 2.54. The van der Waals surface area contributed by atoms with Gasteiger partial charge in [-0.05, 0) is 55.8 Å². The van der Waals surface area contributed by atoms with E-state index < -0.39 is 0 Å². The van der Waals surface area contributed by atoms with E-state index >= 15 is 0 Å². The van der Waals surface area contributed by atoms with Gasteiger partial charge in [-0.2, -0.15) is 0 Å². The van der Waals surface area contributed by atoms with E-state index in [0.717, 1.165) is 5.56 Å². The SMILES string of the molecule is CC(=O)COc1c(-c2ccc(Cl)cc2)oc2cc(C)ccc2c1=O. The first-order valence-corrected chi connectivity index (χ1v) is 7.79. The number of hydrogen-bond acceptors (Lipinski definition) is 4. The van der Waals surface area contributed by atoms with Crippen molar-refractivity contribution in [1.82, 2.24) is 0 Å². The molecule has 0 saturated carbocycles. The Morgan fingerprint density at radius 3 is 2.54 bits per heavy atom. The molecule has 0 spiro atoms. The first-order valence-electron chi connectivity index (χ1n) is 7.41. The van der Waals surface area contributed by atoms with E-state index in [4.69, 9.17) is 20.8 Å². The van der Waals surface area contributed by atoms with E-state index in [0.29, 0.717) is 21.6 Å². The quantitative estimate of drug-likeness (QED) is 0.705. The monoisotopic (exact) mass is 342 g/mol. The minimum atomic E-state index is -0.303. The minimum Gasteiger partial charge on any atom is -0.478 e. The van der Waals surface area contributed by atoms with Gasteiger partial charge >= 0.3 is 0 Å². The Hall–Kier alpha value is -2.59. The van der Waals surface area contributed by atoms with Crippen LogP contribution < -0.4 is 10.2 Å². The van der Waals surface area contributed by atoms with Gasteiger partial charge in [0, 0.05) is 10.6 Å². The molecule has 0 bridgehead atoms. The van der Waals surface area contributed by atoms with Gasteiger partial charge in [-0.1, -0.05) is 17.7 Å². The Kier molecular flexibility index (Phi) is 4.40. The molecule has 0 N–H and O–H groups in total. The second kappa shape index (κ2) is 6.49. The van der Waals surface area contributed by atoms with Crippen molar-refractivity contribution in [3.05, 3.63) is 63.3 Å². The fraction of sp³-hybridized carbons (Fsp3) is 0.158. The van der Waals surface area contributed by atoms with Crippen molar-refractivity contribution in [1.29, 1.82) is 0 Å². The molecule has 0 saturated heterocycles. The molecular formula is C19H15ClO4. The van der Waals surface area contributed by atoms with Gasteiger partial charge in [0.05, 0.1) is 5.39 Å². The maximum absolute atomic E-state index is 12.8. The standard InChI is InChI=1S/C19H15ClO4/c1-11-3-8-15-16(9-11)24-18(13-4-6-14(20)7-5-13)19(17(15)22)23-10-12(2)21/h3-9H,10H2,1-2H3. The van der Waals surface area contributed by atoms with Crippen molar-refractivity contribution in [3.8, 4) is 17.1 Å². The van der Waals surface area contributed by atoms with Gasteiger partial charge in [-0.3, -0.25) is 9.59 Å². The van der Waals surface area contributed by atoms with Gasteiger partial charge in [0.25, 0.3) is 0 Å². The molecule has 4 nitrogen and oxygen atoms in total. The van der Waals surface area contributed by atoms with Gasteiger partial charge < -0.3 is 9.15 Å². The van der Waals surface area contributed by atoms with Crippen molar-refractivity contribution >= 4 is 28.4 Å². The molecule has 0 aliphatic carbocycles. The van der Waals surface area contributed by atoms with Crippen molar-refractivity contribution in [3.63, 3.8) is 0 Å². The van der Waals surface area contributed by atoms with Crippen LogP contribution in [-0.4, -0.2) is 12.4 Å². The van der Waals surface area contributed by atoms with Crippen molar-refractivity contribution < 1.29 is 13.9 Å². The molecule has 0 amide bonds. The van der Waals surface area contributed by atoms with Crippen LogP contribution in [0, 0.1) is 6.92 Å². The molecule has 0 radical (unpaired) electrons. The minimum absolute atomic E-state index is 0.0314. The summed E-state index contributed by atoms with van der Waals surface area (Å²) < 4.78 is 11.4. The summed E-state index contributed by atoms with van der Waals surface area (Å²) in [7, 11) is 0. The second-order valence-electron chi connectivity index (χ2n) is 5.59. The summed E-state index contributed by atoms with van der Waals surface area (Å²) in [5, 5.41) is 0.987. The molecule has 0 aliphatic heterocycles. The first kappa shape index (κ1) is 16.3. The molecule has 0 atom stereocenters. The molecule has 0 unspecified atom stereocenters. The number of halogens is 1. The third-order valence-electron chi connectivity index (χ3n) is 3.53. The van der Waals surface area contributed by atoms with Crippen LogP contribution in [0.3, 0.4) is 0 Å². The van der Waals surface area contributed by atoms with E-state index in [1.165, 1.54) is 6.92 Å². The number of carbonyl (C=O) groups excluding carboxylic acids is 1. The number of fused-ring (bicyclic) bond motifs is 1. The van der Waals surface area contributed by atoms with Gasteiger partial charge in [-0.15, -0.1) is 0 Å². The molecule has 0 aliphatic rings. The van der Waals surface area contributed by atoms with Gasteiger partial charge in [0.2, 0.25) is 11.2 Å². The lowest BCUT2D eigenvalue weighted by Crippen LogP contribution is -2.14. The van der Waals surface area contributed by atoms with Crippen molar-refractivity contribution in [2.45, 2.75) is 13.8 Å². The van der Waals surface area contributed by atoms with E-state index in [2.05, 4.69) is 0 Å².